The fourth-order valence-corrected chi connectivity index (χ4v) is 10.3. The van der Waals surface area contributed by atoms with E-state index in [1.165, 1.54) is 70.0 Å². The van der Waals surface area contributed by atoms with Crippen molar-refractivity contribution in [3.8, 4) is 11.1 Å². The lowest BCUT2D eigenvalue weighted by Crippen LogP contribution is -2.22. The van der Waals surface area contributed by atoms with E-state index in [9.17, 15) is 0 Å². The standard InChI is InChI=1S/C47H33NOS/c1-27-12-5-6-15-31(27)29-22-23-32(28-13-3-2-4-14-28)37(24-29)34-18-11-19-36-44-42-30(25-38-33-16-8-10-21-41(33)50-47(38)44)26-40-43(46(42)48-45(34)36)35-17-7-9-20-39(35)49-40/h2-13,15-26,28,32,37,48H,14H2,1H3. The summed E-state index contributed by atoms with van der Waals surface area (Å²) in [6.07, 6.45) is 17.6. The minimum absolute atomic E-state index is 0.178. The van der Waals surface area contributed by atoms with Gasteiger partial charge in [0.05, 0.1) is 16.8 Å². The molecule has 6 aromatic carbocycles. The Bertz CT molecular complexity index is 2860. The lowest BCUT2D eigenvalue weighted by Gasteiger charge is -2.35. The second-order valence-corrected chi connectivity index (χ2v) is 15.1. The summed E-state index contributed by atoms with van der Waals surface area (Å²) in [5.41, 5.74) is 12.1. The minimum atomic E-state index is 0.178. The highest BCUT2D eigenvalue weighted by Gasteiger charge is 2.34. The van der Waals surface area contributed by atoms with Crippen LogP contribution in [0.5, 0.6) is 0 Å². The molecule has 0 amide bonds. The third-order valence-corrected chi connectivity index (χ3v) is 12.5. The van der Waals surface area contributed by atoms with Crippen molar-refractivity contribution in [3.05, 3.63) is 162 Å². The molecule has 11 rings (SSSR count). The SMILES string of the molecule is Cc1ccccc1C1=CC(c2cccc3c2Nc2c4c-3c3sc5ccccc5c3cc4cc3oc4ccccc4c23)C(C2C=CC=CC2)C=C1. The molecule has 1 aliphatic heterocycles. The van der Waals surface area contributed by atoms with Crippen LogP contribution in [0.1, 0.15) is 29.0 Å². The highest BCUT2D eigenvalue weighted by molar-refractivity contribution is 7.26. The number of anilines is 2. The normalized spacial score (nSPS) is 19.5. The van der Waals surface area contributed by atoms with Crippen molar-refractivity contribution in [2.45, 2.75) is 19.3 Å². The number of furan rings is 1. The highest BCUT2D eigenvalue weighted by Crippen LogP contribution is 2.56. The fourth-order valence-electron chi connectivity index (χ4n) is 9.02. The molecule has 0 saturated carbocycles. The molecule has 3 unspecified atom stereocenters. The number of para-hydroxylation sites is 2. The lowest BCUT2D eigenvalue weighted by atomic mass is 9.70. The van der Waals surface area contributed by atoms with Crippen molar-refractivity contribution in [1.82, 2.24) is 0 Å². The van der Waals surface area contributed by atoms with Gasteiger partial charge in [0.25, 0.3) is 0 Å². The number of benzene rings is 6. The molecule has 8 aromatic rings. The first kappa shape index (κ1) is 28.2. The van der Waals surface area contributed by atoms with Gasteiger partial charge in [-0.15, -0.1) is 11.3 Å². The summed E-state index contributed by atoms with van der Waals surface area (Å²) < 4.78 is 9.25. The summed E-state index contributed by atoms with van der Waals surface area (Å²) in [6, 6.07) is 37.8. The molecule has 1 N–H and O–H groups in total. The summed E-state index contributed by atoms with van der Waals surface area (Å²) in [5, 5.41) is 11.6. The Labute approximate surface area is 294 Å². The first-order chi connectivity index (χ1) is 24.7. The molecular formula is C47H33NOS. The van der Waals surface area contributed by atoms with Crippen LogP contribution in [-0.4, -0.2) is 0 Å². The molecule has 3 aliphatic rings. The van der Waals surface area contributed by atoms with Crippen LogP contribution < -0.4 is 5.32 Å². The van der Waals surface area contributed by atoms with E-state index < -0.39 is 0 Å². The average molecular weight is 660 g/mol. The summed E-state index contributed by atoms with van der Waals surface area (Å²) >= 11 is 1.92. The summed E-state index contributed by atoms with van der Waals surface area (Å²) in [4.78, 5) is 0. The van der Waals surface area contributed by atoms with Gasteiger partial charge in [-0.05, 0) is 77.1 Å². The van der Waals surface area contributed by atoms with E-state index in [0.717, 1.165) is 34.0 Å². The summed E-state index contributed by atoms with van der Waals surface area (Å²) in [7, 11) is 0. The van der Waals surface area contributed by atoms with Crippen LogP contribution in [0.15, 0.2) is 150 Å². The van der Waals surface area contributed by atoms with Crippen LogP contribution >= 0.6 is 11.3 Å². The number of allylic oxidation sites excluding steroid dienone is 8. The van der Waals surface area contributed by atoms with Crippen molar-refractivity contribution < 1.29 is 4.42 Å². The molecule has 0 bridgehead atoms. The Hall–Kier alpha value is -5.64. The van der Waals surface area contributed by atoms with Crippen molar-refractivity contribution in [2.75, 3.05) is 5.32 Å². The number of aryl methyl sites for hydroxylation is 1. The van der Waals surface area contributed by atoms with Crippen molar-refractivity contribution in [3.63, 3.8) is 0 Å². The highest BCUT2D eigenvalue weighted by atomic mass is 32.1. The number of fused-ring (bicyclic) bond motifs is 10. The van der Waals surface area contributed by atoms with Gasteiger partial charge in [-0.1, -0.05) is 121 Å². The summed E-state index contributed by atoms with van der Waals surface area (Å²) in [5.74, 6) is 0.923. The molecule has 2 aliphatic carbocycles. The van der Waals surface area contributed by atoms with Gasteiger partial charge in [-0.25, -0.2) is 0 Å². The van der Waals surface area contributed by atoms with Gasteiger partial charge in [0.1, 0.15) is 11.2 Å². The van der Waals surface area contributed by atoms with Crippen LogP contribution in [0, 0.1) is 18.8 Å². The molecule has 50 heavy (non-hydrogen) atoms. The van der Waals surface area contributed by atoms with Crippen LogP contribution in [-0.2, 0) is 0 Å². The Morgan fingerprint density at radius 1 is 0.720 bits per heavy atom. The smallest absolute Gasteiger partial charge is 0.138 e. The van der Waals surface area contributed by atoms with Gasteiger partial charge in [-0.2, -0.15) is 0 Å². The second kappa shape index (κ2) is 10.7. The maximum atomic E-state index is 6.58. The molecule has 0 spiro atoms. The molecule has 3 atom stereocenters. The van der Waals surface area contributed by atoms with E-state index in [4.69, 9.17) is 4.42 Å². The van der Waals surface area contributed by atoms with E-state index in [1.54, 1.807) is 0 Å². The molecular weight excluding hydrogens is 627 g/mol. The van der Waals surface area contributed by atoms with Crippen molar-refractivity contribution >= 4 is 81.2 Å². The zero-order valence-corrected chi connectivity index (χ0v) is 28.4. The molecule has 0 radical (unpaired) electrons. The largest absolute Gasteiger partial charge is 0.456 e. The Morgan fingerprint density at radius 3 is 2.46 bits per heavy atom. The summed E-state index contributed by atoms with van der Waals surface area (Å²) in [6.45, 7) is 2.22. The molecule has 2 aromatic heterocycles. The van der Waals surface area contributed by atoms with Crippen LogP contribution in [0.4, 0.5) is 11.4 Å². The van der Waals surface area contributed by atoms with Crippen molar-refractivity contribution in [1.29, 1.82) is 0 Å². The Kier molecular flexibility index (Phi) is 6.03. The van der Waals surface area contributed by atoms with Gasteiger partial charge in [0.15, 0.2) is 0 Å². The molecule has 238 valence electrons. The van der Waals surface area contributed by atoms with E-state index in [1.807, 2.05) is 11.3 Å². The van der Waals surface area contributed by atoms with Crippen LogP contribution in [0.3, 0.4) is 0 Å². The van der Waals surface area contributed by atoms with Gasteiger partial charge < -0.3 is 9.73 Å². The van der Waals surface area contributed by atoms with Gasteiger partial charge in [0.2, 0.25) is 0 Å². The maximum absolute atomic E-state index is 6.58. The third kappa shape index (κ3) is 4.01. The maximum Gasteiger partial charge on any atom is 0.138 e. The first-order valence-electron chi connectivity index (χ1n) is 17.6. The number of hydrogen-bond acceptors (Lipinski definition) is 3. The molecule has 3 heterocycles. The zero-order chi connectivity index (χ0) is 32.9. The van der Waals surface area contributed by atoms with E-state index >= 15 is 0 Å². The third-order valence-electron chi connectivity index (χ3n) is 11.3. The second-order valence-electron chi connectivity index (χ2n) is 14.1. The van der Waals surface area contributed by atoms with Crippen LogP contribution in [0.25, 0.3) is 69.6 Å². The topological polar surface area (TPSA) is 25.2 Å². The number of thiophene rings is 1. The zero-order valence-electron chi connectivity index (χ0n) is 27.6. The molecule has 2 nitrogen and oxygen atoms in total. The number of hydrogen-bond donors (Lipinski definition) is 1. The van der Waals surface area contributed by atoms with Crippen molar-refractivity contribution in [2.24, 2.45) is 11.8 Å². The Morgan fingerprint density at radius 2 is 1.56 bits per heavy atom. The van der Waals surface area contributed by atoms with E-state index in [0.29, 0.717) is 11.8 Å². The molecule has 0 fully saturated rings. The monoisotopic (exact) mass is 659 g/mol. The molecule has 3 heteroatoms. The average Bonchev–Trinajstić information content (AvgIpc) is 3.73. The predicted molar refractivity (Wildman–Crippen MR) is 214 cm³/mol. The number of nitrogens with one attached hydrogen (secondary N) is 1. The quantitative estimate of drug-likeness (QED) is 0.204. The molecule has 0 saturated heterocycles. The van der Waals surface area contributed by atoms with Crippen LogP contribution in [0.2, 0.25) is 0 Å². The van der Waals surface area contributed by atoms with Gasteiger partial charge in [0, 0.05) is 48.0 Å². The predicted octanol–water partition coefficient (Wildman–Crippen LogP) is 13.6. The van der Waals surface area contributed by atoms with Gasteiger partial charge >= 0.3 is 0 Å². The minimum Gasteiger partial charge on any atom is -0.456 e. The number of rotatable bonds is 3. The lowest BCUT2D eigenvalue weighted by molar-refractivity contribution is 0.436. The Balaban J connectivity index is 1.23. The van der Waals surface area contributed by atoms with Gasteiger partial charge in [-0.3, -0.25) is 0 Å². The fraction of sp³-hybridized carbons (Fsp3) is 0.106. The van der Waals surface area contributed by atoms with E-state index in [-0.39, 0.29) is 5.92 Å². The first-order valence-corrected chi connectivity index (χ1v) is 18.4. The van der Waals surface area contributed by atoms with E-state index in [2.05, 4.69) is 158 Å².